The first-order valence-electron chi connectivity index (χ1n) is 3.98. The first-order valence-corrected chi connectivity index (χ1v) is 3.98. The Morgan fingerprint density at radius 2 is 2.10 bits per heavy atom. The van der Waals surface area contributed by atoms with Crippen molar-refractivity contribution in [1.29, 1.82) is 0 Å². The zero-order valence-electron chi connectivity index (χ0n) is 6.80. The minimum atomic E-state index is -0.304. The normalized spacial score (nSPS) is 39.6. The number of aliphatic hydroxyl groups excluding tert-OH is 1. The van der Waals surface area contributed by atoms with Crippen LogP contribution in [0.25, 0.3) is 0 Å². The van der Waals surface area contributed by atoms with Gasteiger partial charge in [0.25, 0.3) is 0 Å². The topological polar surface area (TPSA) is 46.2 Å². The predicted molar refractivity (Wildman–Crippen MR) is 41.6 cm³/mol. The van der Waals surface area contributed by atoms with Crippen LogP contribution < -0.4 is 5.73 Å². The van der Waals surface area contributed by atoms with Crippen LogP contribution in [-0.2, 0) is 0 Å². The molecule has 0 aromatic rings. The lowest BCUT2D eigenvalue weighted by atomic mass is 9.73. The SMILES string of the molecule is CC1(C)CCC[C@H](N)[C@H]1O. The predicted octanol–water partition coefficient (Wildman–Crippen LogP) is 0.885. The van der Waals surface area contributed by atoms with Crippen LogP contribution in [0.1, 0.15) is 33.1 Å². The van der Waals surface area contributed by atoms with E-state index in [0.717, 1.165) is 19.3 Å². The summed E-state index contributed by atoms with van der Waals surface area (Å²) in [5.41, 5.74) is 5.74. The Hall–Kier alpha value is -0.0800. The van der Waals surface area contributed by atoms with E-state index in [1.807, 2.05) is 0 Å². The highest BCUT2D eigenvalue weighted by atomic mass is 16.3. The van der Waals surface area contributed by atoms with Gasteiger partial charge in [-0.15, -0.1) is 0 Å². The molecule has 1 aliphatic carbocycles. The fraction of sp³-hybridized carbons (Fsp3) is 1.00. The fourth-order valence-corrected chi connectivity index (χ4v) is 1.68. The van der Waals surface area contributed by atoms with E-state index >= 15 is 0 Å². The molecular formula is C8H17NO. The van der Waals surface area contributed by atoms with Crippen LogP contribution in [0, 0.1) is 5.41 Å². The average Bonchev–Trinajstić information content (AvgIpc) is 1.83. The third kappa shape index (κ3) is 1.32. The summed E-state index contributed by atoms with van der Waals surface area (Å²) < 4.78 is 0. The van der Waals surface area contributed by atoms with Gasteiger partial charge in [-0.1, -0.05) is 20.3 Å². The van der Waals surface area contributed by atoms with E-state index < -0.39 is 0 Å². The Kier molecular flexibility index (Phi) is 2.02. The van der Waals surface area contributed by atoms with E-state index in [4.69, 9.17) is 5.73 Å². The maximum absolute atomic E-state index is 9.58. The molecule has 0 heterocycles. The molecule has 1 saturated carbocycles. The molecule has 2 heteroatoms. The van der Waals surface area contributed by atoms with Gasteiger partial charge < -0.3 is 10.8 Å². The zero-order valence-corrected chi connectivity index (χ0v) is 6.80. The molecule has 2 nitrogen and oxygen atoms in total. The zero-order chi connectivity index (χ0) is 7.78. The van der Waals surface area contributed by atoms with Gasteiger partial charge in [0.15, 0.2) is 0 Å². The molecular weight excluding hydrogens is 126 g/mol. The molecule has 1 aliphatic rings. The molecule has 10 heavy (non-hydrogen) atoms. The highest BCUT2D eigenvalue weighted by Gasteiger charge is 2.35. The quantitative estimate of drug-likeness (QED) is 0.529. The first-order chi connectivity index (χ1) is 4.54. The minimum Gasteiger partial charge on any atom is -0.391 e. The molecule has 0 amide bonds. The molecule has 0 aromatic carbocycles. The second-order valence-corrected chi connectivity index (χ2v) is 3.99. The van der Waals surface area contributed by atoms with Crippen LogP contribution in [0.3, 0.4) is 0 Å². The van der Waals surface area contributed by atoms with Gasteiger partial charge in [0, 0.05) is 6.04 Å². The van der Waals surface area contributed by atoms with E-state index in [1.165, 1.54) is 0 Å². The summed E-state index contributed by atoms with van der Waals surface area (Å²) in [6.45, 7) is 4.16. The standard InChI is InChI=1S/C8H17NO/c1-8(2)5-3-4-6(9)7(8)10/h6-7,10H,3-5,9H2,1-2H3/t6-,7+/m0/s1. The lowest BCUT2D eigenvalue weighted by Gasteiger charge is -2.38. The van der Waals surface area contributed by atoms with Gasteiger partial charge in [0.2, 0.25) is 0 Å². The van der Waals surface area contributed by atoms with Gasteiger partial charge in [-0.25, -0.2) is 0 Å². The van der Waals surface area contributed by atoms with E-state index in [0.29, 0.717) is 0 Å². The Labute approximate surface area is 62.4 Å². The maximum atomic E-state index is 9.58. The molecule has 0 aliphatic heterocycles. The summed E-state index contributed by atoms with van der Waals surface area (Å²) in [5, 5.41) is 9.58. The third-order valence-electron chi connectivity index (χ3n) is 2.56. The highest BCUT2D eigenvalue weighted by molar-refractivity contribution is 4.89. The fourth-order valence-electron chi connectivity index (χ4n) is 1.68. The Bertz CT molecular complexity index is 122. The molecule has 1 rings (SSSR count). The molecule has 0 spiro atoms. The van der Waals surface area contributed by atoms with E-state index in [-0.39, 0.29) is 17.6 Å². The molecule has 0 unspecified atom stereocenters. The monoisotopic (exact) mass is 143 g/mol. The molecule has 3 N–H and O–H groups in total. The van der Waals surface area contributed by atoms with E-state index in [9.17, 15) is 5.11 Å². The van der Waals surface area contributed by atoms with Crippen LogP contribution in [0.15, 0.2) is 0 Å². The van der Waals surface area contributed by atoms with Crippen molar-refractivity contribution < 1.29 is 5.11 Å². The van der Waals surface area contributed by atoms with Crippen molar-refractivity contribution in [3.05, 3.63) is 0 Å². The first kappa shape index (κ1) is 8.02. The highest BCUT2D eigenvalue weighted by Crippen LogP contribution is 2.34. The number of rotatable bonds is 0. The van der Waals surface area contributed by atoms with Gasteiger partial charge in [0.1, 0.15) is 0 Å². The van der Waals surface area contributed by atoms with Gasteiger partial charge >= 0.3 is 0 Å². The van der Waals surface area contributed by atoms with Crippen molar-refractivity contribution in [1.82, 2.24) is 0 Å². The summed E-state index contributed by atoms with van der Waals surface area (Å²) in [5.74, 6) is 0. The number of nitrogens with two attached hydrogens (primary N) is 1. The number of aliphatic hydroxyl groups is 1. The van der Waals surface area contributed by atoms with Crippen LogP contribution >= 0.6 is 0 Å². The van der Waals surface area contributed by atoms with Crippen LogP contribution in [0.4, 0.5) is 0 Å². The van der Waals surface area contributed by atoms with E-state index in [1.54, 1.807) is 0 Å². The van der Waals surface area contributed by atoms with Gasteiger partial charge in [-0.2, -0.15) is 0 Å². The number of hydrogen-bond donors (Lipinski definition) is 2. The molecule has 60 valence electrons. The van der Waals surface area contributed by atoms with E-state index in [2.05, 4.69) is 13.8 Å². The van der Waals surface area contributed by atoms with Crippen molar-refractivity contribution in [2.45, 2.75) is 45.3 Å². The van der Waals surface area contributed by atoms with Crippen molar-refractivity contribution in [3.63, 3.8) is 0 Å². The van der Waals surface area contributed by atoms with Crippen LogP contribution in [-0.4, -0.2) is 17.3 Å². The summed E-state index contributed by atoms with van der Waals surface area (Å²) >= 11 is 0. The van der Waals surface area contributed by atoms with Gasteiger partial charge in [-0.3, -0.25) is 0 Å². The molecule has 0 saturated heterocycles. The second-order valence-electron chi connectivity index (χ2n) is 3.99. The summed E-state index contributed by atoms with van der Waals surface area (Å²) in [6.07, 6.45) is 2.93. The number of hydrogen-bond acceptors (Lipinski definition) is 2. The lowest BCUT2D eigenvalue weighted by Crippen LogP contribution is -2.47. The van der Waals surface area contributed by atoms with Crippen molar-refractivity contribution in [2.75, 3.05) is 0 Å². The Balaban J connectivity index is 2.60. The smallest absolute Gasteiger partial charge is 0.0741 e. The Morgan fingerprint density at radius 1 is 1.50 bits per heavy atom. The third-order valence-corrected chi connectivity index (χ3v) is 2.56. The molecule has 0 aromatic heterocycles. The van der Waals surface area contributed by atoms with Gasteiger partial charge in [-0.05, 0) is 18.3 Å². The van der Waals surface area contributed by atoms with Crippen molar-refractivity contribution in [2.24, 2.45) is 11.1 Å². The van der Waals surface area contributed by atoms with Crippen molar-refractivity contribution >= 4 is 0 Å². The second kappa shape index (κ2) is 2.51. The lowest BCUT2D eigenvalue weighted by molar-refractivity contribution is -0.00212. The summed E-state index contributed by atoms with van der Waals surface area (Å²) in [4.78, 5) is 0. The van der Waals surface area contributed by atoms with Gasteiger partial charge in [0.05, 0.1) is 6.10 Å². The Morgan fingerprint density at radius 3 is 2.50 bits per heavy atom. The summed E-state index contributed by atoms with van der Waals surface area (Å²) in [7, 11) is 0. The summed E-state index contributed by atoms with van der Waals surface area (Å²) in [6, 6.07) is 0.00347. The van der Waals surface area contributed by atoms with Crippen LogP contribution in [0.5, 0.6) is 0 Å². The molecule has 0 bridgehead atoms. The average molecular weight is 143 g/mol. The maximum Gasteiger partial charge on any atom is 0.0741 e. The molecule has 2 atom stereocenters. The molecule has 0 radical (unpaired) electrons. The largest absolute Gasteiger partial charge is 0.391 e. The van der Waals surface area contributed by atoms with Crippen LogP contribution in [0.2, 0.25) is 0 Å². The minimum absolute atomic E-state index is 0.00347. The molecule has 1 fully saturated rings. The van der Waals surface area contributed by atoms with Crippen molar-refractivity contribution in [3.8, 4) is 0 Å².